The lowest BCUT2D eigenvalue weighted by Gasteiger charge is -2.39. The molecule has 0 atom stereocenters. The molecule has 2 aromatic rings. The molecule has 5 rings (SSSR count). The summed E-state index contributed by atoms with van der Waals surface area (Å²) in [6.45, 7) is 2.26. The van der Waals surface area contributed by atoms with Crippen molar-refractivity contribution < 1.29 is 18.0 Å². The summed E-state index contributed by atoms with van der Waals surface area (Å²) in [5.74, 6) is 0.588. The Hall–Kier alpha value is -2.61. The Bertz CT molecular complexity index is 1060. The number of nitrogens with one attached hydrogen (secondary N) is 2. The van der Waals surface area contributed by atoms with Gasteiger partial charge in [0, 0.05) is 23.7 Å². The van der Waals surface area contributed by atoms with Gasteiger partial charge in [0.1, 0.15) is 11.6 Å². The van der Waals surface area contributed by atoms with Gasteiger partial charge in [-0.25, -0.2) is 4.98 Å². The molecule has 2 heterocycles. The smallest absolute Gasteiger partial charge is 0.367 e. The lowest BCUT2D eigenvalue weighted by Crippen LogP contribution is -2.47. The zero-order chi connectivity index (χ0) is 23.2. The minimum atomic E-state index is -4.53. The van der Waals surface area contributed by atoms with E-state index in [4.69, 9.17) is 0 Å². The molecule has 2 fully saturated rings. The molecule has 2 N–H and O–H groups in total. The van der Waals surface area contributed by atoms with Crippen LogP contribution in [0.15, 0.2) is 30.3 Å². The molecule has 1 amide bonds. The maximum absolute atomic E-state index is 13.9. The average Bonchev–Trinajstić information content (AvgIpc) is 3.38. The Balaban J connectivity index is 1.42. The van der Waals surface area contributed by atoms with Gasteiger partial charge in [-0.05, 0) is 74.4 Å². The third-order valence-corrected chi connectivity index (χ3v) is 7.30. The van der Waals surface area contributed by atoms with Crippen LogP contribution < -0.4 is 15.5 Å². The van der Waals surface area contributed by atoms with Crippen LogP contribution in [-0.4, -0.2) is 22.5 Å². The first kappa shape index (κ1) is 22.2. The number of hydrogen-bond acceptors (Lipinski definition) is 4. The zero-order valence-corrected chi connectivity index (χ0v) is 18.8. The Labute approximate surface area is 191 Å². The second-order valence-corrected chi connectivity index (χ2v) is 9.83. The van der Waals surface area contributed by atoms with Crippen LogP contribution in [0, 0.1) is 0 Å². The average molecular weight is 459 g/mol. The third-order valence-electron chi connectivity index (χ3n) is 7.30. The number of fused-ring (bicyclic) bond motifs is 1. The van der Waals surface area contributed by atoms with Crippen molar-refractivity contribution in [1.29, 1.82) is 0 Å². The van der Waals surface area contributed by atoms with Crippen molar-refractivity contribution >= 4 is 17.5 Å². The normalized spacial score (nSPS) is 20.1. The van der Waals surface area contributed by atoms with Crippen LogP contribution in [0.4, 0.5) is 24.8 Å². The topological polar surface area (TPSA) is 57.3 Å². The summed E-state index contributed by atoms with van der Waals surface area (Å²) in [5.41, 5.74) is -0.136. The SMILES string of the molecule is CC1(NCc2cc3c(c(C(F)(F)F)c2)CN(c2cccc(NC4CCCC4)n2)C3=O)CCC1. The number of pyridine rings is 1. The number of benzene rings is 1. The molecule has 2 saturated carbocycles. The number of carbonyl (C=O) groups excluding carboxylic acids is 1. The van der Waals surface area contributed by atoms with Gasteiger partial charge < -0.3 is 10.6 Å². The molecule has 1 aromatic heterocycles. The number of halogens is 3. The molecule has 1 aliphatic heterocycles. The lowest BCUT2D eigenvalue weighted by atomic mass is 9.78. The number of carbonyl (C=O) groups is 1. The number of rotatable bonds is 6. The Kier molecular flexibility index (Phi) is 5.59. The molecule has 176 valence electrons. The van der Waals surface area contributed by atoms with E-state index in [1.54, 1.807) is 18.2 Å². The minimum Gasteiger partial charge on any atom is -0.367 e. The molecule has 2 aliphatic carbocycles. The molecule has 0 bridgehead atoms. The number of hydrogen-bond donors (Lipinski definition) is 2. The van der Waals surface area contributed by atoms with Gasteiger partial charge in [-0.3, -0.25) is 9.69 Å². The van der Waals surface area contributed by atoms with Gasteiger partial charge >= 0.3 is 6.18 Å². The molecule has 0 spiro atoms. The molecular formula is C25H29F3N4O. The van der Waals surface area contributed by atoms with Crippen LogP contribution in [0.5, 0.6) is 0 Å². The fourth-order valence-electron chi connectivity index (χ4n) is 5.14. The lowest BCUT2D eigenvalue weighted by molar-refractivity contribution is -0.138. The Morgan fingerprint density at radius 2 is 1.91 bits per heavy atom. The molecule has 33 heavy (non-hydrogen) atoms. The van der Waals surface area contributed by atoms with Gasteiger partial charge in [0.05, 0.1) is 12.1 Å². The van der Waals surface area contributed by atoms with E-state index >= 15 is 0 Å². The number of anilines is 2. The molecule has 3 aliphatic rings. The van der Waals surface area contributed by atoms with Gasteiger partial charge in [0.2, 0.25) is 0 Å². The van der Waals surface area contributed by atoms with E-state index in [2.05, 4.69) is 22.5 Å². The first-order valence-electron chi connectivity index (χ1n) is 11.8. The van der Waals surface area contributed by atoms with Crippen LogP contribution >= 0.6 is 0 Å². The predicted molar refractivity (Wildman–Crippen MR) is 121 cm³/mol. The Morgan fingerprint density at radius 3 is 2.58 bits per heavy atom. The molecule has 5 nitrogen and oxygen atoms in total. The minimum absolute atomic E-state index is 0.0297. The third kappa shape index (κ3) is 4.45. The fourth-order valence-corrected chi connectivity index (χ4v) is 5.14. The second kappa shape index (κ2) is 8.31. The van der Waals surface area contributed by atoms with Crippen molar-refractivity contribution in [2.24, 2.45) is 0 Å². The maximum Gasteiger partial charge on any atom is 0.416 e. The van der Waals surface area contributed by atoms with Crippen molar-refractivity contribution in [3.63, 3.8) is 0 Å². The van der Waals surface area contributed by atoms with Crippen LogP contribution in [0.3, 0.4) is 0 Å². The van der Waals surface area contributed by atoms with Gasteiger partial charge in [-0.2, -0.15) is 13.2 Å². The highest BCUT2D eigenvalue weighted by molar-refractivity contribution is 6.10. The summed E-state index contributed by atoms with van der Waals surface area (Å²) in [6.07, 6.45) is 3.10. The first-order valence-corrected chi connectivity index (χ1v) is 11.8. The van der Waals surface area contributed by atoms with Crippen molar-refractivity contribution in [2.75, 3.05) is 10.2 Å². The molecular weight excluding hydrogens is 429 g/mol. The summed E-state index contributed by atoms with van der Waals surface area (Å²) in [5, 5.41) is 6.76. The predicted octanol–water partition coefficient (Wildman–Crippen LogP) is 5.65. The fraction of sp³-hybridized carbons (Fsp3) is 0.520. The van der Waals surface area contributed by atoms with Crippen LogP contribution in [0.25, 0.3) is 0 Å². The van der Waals surface area contributed by atoms with E-state index in [0.717, 1.165) is 32.1 Å². The Morgan fingerprint density at radius 1 is 1.15 bits per heavy atom. The zero-order valence-electron chi connectivity index (χ0n) is 18.8. The highest BCUT2D eigenvalue weighted by atomic mass is 19.4. The monoisotopic (exact) mass is 458 g/mol. The molecule has 1 aromatic carbocycles. The number of nitrogens with zero attached hydrogens (tertiary/aromatic N) is 2. The highest BCUT2D eigenvalue weighted by Crippen LogP contribution is 2.40. The van der Waals surface area contributed by atoms with E-state index in [1.165, 1.54) is 23.8 Å². The van der Waals surface area contributed by atoms with Crippen molar-refractivity contribution in [3.8, 4) is 0 Å². The standard InChI is InChI=1S/C25H29F3N4O/c1-24(10-5-11-24)29-14-16-12-18-19(20(13-16)25(26,27)28)15-32(23(18)33)22-9-4-8-21(31-22)30-17-6-2-3-7-17/h4,8-9,12-13,17,29H,2-3,5-7,10-11,14-15H2,1H3,(H,30,31). The van der Waals surface area contributed by atoms with Crippen molar-refractivity contribution in [2.45, 2.75) is 82.7 Å². The van der Waals surface area contributed by atoms with E-state index in [9.17, 15) is 18.0 Å². The summed E-state index contributed by atoms with van der Waals surface area (Å²) in [6, 6.07) is 8.45. The van der Waals surface area contributed by atoms with Crippen molar-refractivity contribution in [1.82, 2.24) is 10.3 Å². The summed E-state index contributed by atoms with van der Waals surface area (Å²) >= 11 is 0. The van der Waals surface area contributed by atoms with E-state index < -0.39 is 17.6 Å². The van der Waals surface area contributed by atoms with Crippen LogP contribution in [0.1, 0.15) is 78.9 Å². The highest BCUT2D eigenvalue weighted by Gasteiger charge is 2.41. The van der Waals surface area contributed by atoms with Crippen LogP contribution in [0.2, 0.25) is 0 Å². The van der Waals surface area contributed by atoms with Gasteiger partial charge in [0.25, 0.3) is 5.91 Å². The number of alkyl halides is 3. The van der Waals surface area contributed by atoms with Gasteiger partial charge in [-0.15, -0.1) is 0 Å². The van der Waals surface area contributed by atoms with Gasteiger partial charge in [-0.1, -0.05) is 18.9 Å². The maximum atomic E-state index is 13.9. The van der Waals surface area contributed by atoms with E-state index in [1.807, 2.05) is 6.07 Å². The largest absolute Gasteiger partial charge is 0.416 e. The summed E-state index contributed by atoms with van der Waals surface area (Å²) in [4.78, 5) is 19.1. The summed E-state index contributed by atoms with van der Waals surface area (Å²) in [7, 11) is 0. The van der Waals surface area contributed by atoms with Gasteiger partial charge in [0.15, 0.2) is 0 Å². The van der Waals surface area contributed by atoms with E-state index in [-0.39, 0.29) is 23.2 Å². The molecule has 8 heteroatoms. The second-order valence-electron chi connectivity index (χ2n) is 9.83. The number of amides is 1. The van der Waals surface area contributed by atoms with Crippen LogP contribution in [-0.2, 0) is 19.3 Å². The first-order chi connectivity index (χ1) is 15.7. The summed E-state index contributed by atoms with van der Waals surface area (Å²) < 4.78 is 41.8. The van der Waals surface area contributed by atoms with E-state index in [0.29, 0.717) is 29.8 Å². The quantitative estimate of drug-likeness (QED) is 0.588. The molecule has 0 radical (unpaired) electrons. The molecule has 0 unspecified atom stereocenters. The van der Waals surface area contributed by atoms with Crippen molar-refractivity contribution in [3.05, 3.63) is 52.6 Å². The molecule has 0 saturated heterocycles. The number of aromatic nitrogens is 1.